The van der Waals surface area contributed by atoms with Gasteiger partial charge in [0.15, 0.2) is 0 Å². The predicted octanol–water partition coefficient (Wildman–Crippen LogP) is 3.58. The number of hydrogen-bond donors (Lipinski definition) is 1. The van der Waals surface area contributed by atoms with Gasteiger partial charge in [-0.05, 0) is 49.9 Å². The highest BCUT2D eigenvalue weighted by molar-refractivity contribution is 9.10. The number of thiophene rings is 1. The molecule has 0 saturated heterocycles. The van der Waals surface area contributed by atoms with Crippen LogP contribution >= 0.6 is 27.3 Å². The van der Waals surface area contributed by atoms with Crippen molar-refractivity contribution < 1.29 is 22.7 Å². The number of anilines is 2. The first-order chi connectivity index (χ1) is 13.7. The van der Waals surface area contributed by atoms with Gasteiger partial charge >= 0.3 is 5.97 Å². The third-order valence-electron chi connectivity index (χ3n) is 4.44. The fourth-order valence-corrected chi connectivity index (χ4v) is 5.77. The number of amides is 1. The molecule has 1 N–H and O–H groups in total. The van der Waals surface area contributed by atoms with Crippen LogP contribution in [0.3, 0.4) is 0 Å². The molecule has 3 rings (SSSR count). The minimum Gasteiger partial charge on any atom is -0.462 e. The highest BCUT2D eigenvalue weighted by atomic mass is 79.9. The van der Waals surface area contributed by atoms with Crippen LogP contribution in [0.15, 0.2) is 28.7 Å². The molecule has 1 amide bonds. The maximum atomic E-state index is 12.7. The van der Waals surface area contributed by atoms with Crippen molar-refractivity contribution in [1.29, 1.82) is 0 Å². The van der Waals surface area contributed by atoms with Gasteiger partial charge in [-0.15, -0.1) is 11.3 Å². The zero-order valence-electron chi connectivity index (χ0n) is 16.0. The van der Waals surface area contributed by atoms with Crippen molar-refractivity contribution in [2.45, 2.75) is 26.2 Å². The Morgan fingerprint density at radius 3 is 2.72 bits per heavy atom. The van der Waals surface area contributed by atoms with Crippen LogP contribution in [0, 0.1) is 0 Å². The van der Waals surface area contributed by atoms with Gasteiger partial charge in [-0.3, -0.25) is 9.10 Å². The summed E-state index contributed by atoms with van der Waals surface area (Å²) in [6, 6.07) is 6.70. The van der Waals surface area contributed by atoms with Crippen LogP contribution in [0.4, 0.5) is 10.7 Å². The molecule has 0 unspecified atom stereocenters. The van der Waals surface area contributed by atoms with Gasteiger partial charge in [0.2, 0.25) is 15.9 Å². The summed E-state index contributed by atoms with van der Waals surface area (Å²) in [5.41, 5.74) is 1.69. The van der Waals surface area contributed by atoms with E-state index >= 15 is 0 Å². The molecule has 156 valence electrons. The standard InChI is InChI=1S/C19H21BrN2O5S2/c1-3-27-19(24)17-14-8-5-9-15(14)28-18(17)21-16(23)11-22(29(2,25)26)13-7-4-6-12(20)10-13/h4,6-7,10H,3,5,8-9,11H2,1-2H3,(H,21,23). The van der Waals surface area contributed by atoms with E-state index in [2.05, 4.69) is 21.2 Å². The van der Waals surface area contributed by atoms with Gasteiger partial charge in [-0.25, -0.2) is 13.2 Å². The van der Waals surface area contributed by atoms with E-state index in [1.54, 1.807) is 31.2 Å². The van der Waals surface area contributed by atoms with Gasteiger partial charge < -0.3 is 10.1 Å². The molecule has 0 radical (unpaired) electrons. The molecule has 0 spiro atoms. The van der Waals surface area contributed by atoms with Crippen LogP contribution in [-0.2, 0) is 32.4 Å². The third-order valence-corrected chi connectivity index (χ3v) is 7.28. The van der Waals surface area contributed by atoms with E-state index in [1.165, 1.54) is 11.3 Å². The Balaban J connectivity index is 1.85. The minimum atomic E-state index is -3.69. The predicted molar refractivity (Wildman–Crippen MR) is 117 cm³/mol. The number of rotatable bonds is 7. The Bertz CT molecular complexity index is 1050. The van der Waals surface area contributed by atoms with Crippen molar-refractivity contribution in [1.82, 2.24) is 0 Å². The number of carbonyl (C=O) groups is 2. The molecule has 2 aromatic rings. The molecule has 0 fully saturated rings. The molecule has 0 bridgehead atoms. The highest BCUT2D eigenvalue weighted by Crippen LogP contribution is 2.39. The first kappa shape index (κ1) is 21.8. The number of hydrogen-bond acceptors (Lipinski definition) is 6. The molecular formula is C19H21BrN2O5S2. The molecule has 0 aliphatic heterocycles. The monoisotopic (exact) mass is 500 g/mol. The summed E-state index contributed by atoms with van der Waals surface area (Å²) < 4.78 is 31.4. The lowest BCUT2D eigenvalue weighted by atomic mass is 10.1. The number of aryl methyl sites for hydroxylation is 1. The largest absolute Gasteiger partial charge is 0.462 e. The van der Waals surface area contributed by atoms with E-state index in [-0.39, 0.29) is 6.61 Å². The van der Waals surface area contributed by atoms with Crippen molar-refractivity contribution in [2.24, 2.45) is 0 Å². The Labute approximate surface area is 182 Å². The van der Waals surface area contributed by atoms with E-state index in [9.17, 15) is 18.0 Å². The van der Waals surface area contributed by atoms with Crippen LogP contribution in [0.5, 0.6) is 0 Å². The number of nitrogens with one attached hydrogen (secondary N) is 1. The number of ether oxygens (including phenoxy) is 1. The normalized spacial score (nSPS) is 13.1. The first-order valence-electron chi connectivity index (χ1n) is 9.05. The molecule has 0 saturated carbocycles. The average molecular weight is 501 g/mol. The van der Waals surface area contributed by atoms with Crippen LogP contribution in [0.25, 0.3) is 0 Å². The summed E-state index contributed by atoms with van der Waals surface area (Å²) in [7, 11) is -3.69. The maximum Gasteiger partial charge on any atom is 0.341 e. The number of nitrogens with zero attached hydrogens (tertiary/aromatic N) is 1. The summed E-state index contributed by atoms with van der Waals surface area (Å²) in [5, 5.41) is 3.14. The molecule has 29 heavy (non-hydrogen) atoms. The molecule has 10 heteroatoms. The topological polar surface area (TPSA) is 92.8 Å². The van der Waals surface area contributed by atoms with Gasteiger partial charge in [-0.1, -0.05) is 22.0 Å². The fraction of sp³-hybridized carbons (Fsp3) is 0.368. The fourth-order valence-electron chi connectivity index (χ4n) is 3.24. The zero-order valence-corrected chi connectivity index (χ0v) is 19.2. The number of halogens is 1. The molecule has 7 nitrogen and oxygen atoms in total. The summed E-state index contributed by atoms with van der Waals surface area (Å²) in [6.07, 6.45) is 3.64. The van der Waals surface area contributed by atoms with E-state index in [4.69, 9.17) is 4.74 Å². The van der Waals surface area contributed by atoms with Crippen LogP contribution in [-0.4, -0.2) is 39.7 Å². The summed E-state index contributed by atoms with van der Waals surface area (Å²) in [5.74, 6) is -0.991. The lowest BCUT2D eigenvalue weighted by Gasteiger charge is -2.22. The van der Waals surface area contributed by atoms with Crippen LogP contribution in [0.2, 0.25) is 0 Å². The second kappa shape index (κ2) is 8.85. The number of sulfonamides is 1. The Morgan fingerprint density at radius 2 is 2.07 bits per heavy atom. The molecule has 1 aromatic heterocycles. The molecular weight excluding hydrogens is 480 g/mol. The van der Waals surface area contributed by atoms with Gasteiger partial charge in [0.1, 0.15) is 11.5 Å². The zero-order chi connectivity index (χ0) is 21.2. The van der Waals surface area contributed by atoms with E-state index < -0.39 is 28.4 Å². The first-order valence-corrected chi connectivity index (χ1v) is 12.5. The molecule has 1 aliphatic carbocycles. The highest BCUT2D eigenvalue weighted by Gasteiger charge is 2.29. The van der Waals surface area contributed by atoms with Gasteiger partial charge in [0.25, 0.3) is 0 Å². The SMILES string of the molecule is CCOC(=O)c1c(NC(=O)CN(c2cccc(Br)c2)S(C)(=O)=O)sc2c1CCC2. The number of benzene rings is 1. The maximum absolute atomic E-state index is 12.7. The van der Waals surface area contributed by atoms with E-state index in [1.807, 2.05) is 0 Å². The summed E-state index contributed by atoms with van der Waals surface area (Å²) in [6.45, 7) is 1.56. The van der Waals surface area contributed by atoms with Crippen LogP contribution < -0.4 is 9.62 Å². The van der Waals surface area contributed by atoms with Gasteiger partial charge in [0, 0.05) is 9.35 Å². The van der Waals surface area contributed by atoms with Crippen LogP contribution in [0.1, 0.15) is 34.1 Å². The Morgan fingerprint density at radius 1 is 1.31 bits per heavy atom. The molecule has 1 aliphatic rings. The minimum absolute atomic E-state index is 0.238. The quantitative estimate of drug-likeness (QED) is 0.586. The van der Waals surface area contributed by atoms with E-state index in [0.29, 0.717) is 20.7 Å². The average Bonchev–Trinajstić information content (AvgIpc) is 3.19. The molecule has 0 atom stereocenters. The number of esters is 1. The number of fused-ring (bicyclic) bond motifs is 1. The Kier molecular flexibility index (Phi) is 6.65. The second-order valence-corrected chi connectivity index (χ2v) is 10.5. The van der Waals surface area contributed by atoms with Crippen molar-refractivity contribution >= 4 is 59.9 Å². The van der Waals surface area contributed by atoms with E-state index in [0.717, 1.165) is 40.3 Å². The van der Waals surface area contributed by atoms with Gasteiger partial charge in [0.05, 0.1) is 24.1 Å². The second-order valence-electron chi connectivity index (χ2n) is 6.58. The Hall–Kier alpha value is -1.91. The lowest BCUT2D eigenvalue weighted by molar-refractivity contribution is -0.114. The molecule has 1 aromatic carbocycles. The summed E-state index contributed by atoms with van der Waals surface area (Å²) in [4.78, 5) is 26.2. The van der Waals surface area contributed by atoms with Crippen molar-refractivity contribution in [3.8, 4) is 0 Å². The van der Waals surface area contributed by atoms with Crippen molar-refractivity contribution in [3.05, 3.63) is 44.7 Å². The van der Waals surface area contributed by atoms with Crippen molar-refractivity contribution in [3.63, 3.8) is 0 Å². The third kappa shape index (κ3) is 4.99. The smallest absolute Gasteiger partial charge is 0.341 e. The lowest BCUT2D eigenvalue weighted by Crippen LogP contribution is -2.37. The number of carbonyl (C=O) groups excluding carboxylic acids is 2. The van der Waals surface area contributed by atoms with Crippen molar-refractivity contribution in [2.75, 3.05) is 29.0 Å². The molecule has 1 heterocycles. The van der Waals surface area contributed by atoms with Gasteiger partial charge in [-0.2, -0.15) is 0 Å². The summed E-state index contributed by atoms with van der Waals surface area (Å²) >= 11 is 4.67.